The van der Waals surface area contributed by atoms with E-state index in [1.807, 2.05) is 24.3 Å². The number of nitrogens with one attached hydrogen (secondary N) is 1. The van der Waals surface area contributed by atoms with Gasteiger partial charge in [-0.1, -0.05) is 12.1 Å². The summed E-state index contributed by atoms with van der Waals surface area (Å²) in [6, 6.07) is 7.97. The Kier molecular flexibility index (Phi) is 4.65. The second kappa shape index (κ2) is 7.04. The van der Waals surface area contributed by atoms with Crippen LogP contribution in [0, 0.1) is 0 Å². The van der Waals surface area contributed by atoms with E-state index in [0.29, 0.717) is 19.0 Å². The molecule has 1 saturated heterocycles. The summed E-state index contributed by atoms with van der Waals surface area (Å²) >= 11 is 0. The highest BCUT2D eigenvalue weighted by molar-refractivity contribution is 5.77. The molecule has 7 nitrogen and oxygen atoms in total. The van der Waals surface area contributed by atoms with E-state index in [1.165, 1.54) is 6.33 Å². The number of ether oxygens (including phenoxy) is 1. The van der Waals surface area contributed by atoms with Crippen molar-refractivity contribution in [1.82, 2.24) is 20.1 Å². The number of nitrogens with two attached hydrogens (primary N) is 1. The van der Waals surface area contributed by atoms with Gasteiger partial charge in [0.25, 0.3) is 0 Å². The van der Waals surface area contributed by atoms with Crippen LogP contribution in [0.3, 0.4) is 0 Å². The van der Waals surface area contributed by atoms with E-state index in [-0.39, 0.29) is 6.10 Å². The summed E-state index contributed by atoms with van der Waals surface area (Å²) < 4.78 is 7.25. The van der Waals surface area contributed by atoms with Crippen LogP contribution in [0.25, 0.3) is 5.69 Å². The summed E-state index contributed by atoms with van der Waals surface area (Å²) in [6.45, 7) is 2.08. The minimum absolute atomic E-state index is 0.254. The van der Waals surface area contributed by atoms with Crippen molar-refractivity contribution >= 4 is 5.96 Å². The molecule has 2 heterocycles. The van der Waals surface area contributed by atoms with Crippen molar-refractivity contribution in [3.05, 3.63) is 42.5 Å². The lowest BCUT2D eigenvalue weighted by Gasteiger charge is -2.11. The highest BCUT2D eigenvalue weighted by Gasteiger charge is 2.14. The van der Waals surface area contributed by atoms with Crippen LogP contribution in [0.2, 0.25) is 0 Å². The molecule has 116 valence electrons. The van der Waals surface area contributed by atoms with Gasteiger partial charge in [-0.2, -0.15) is 5.10 Å². The summed E-state index contributed by atoms with van der Waals surface area (Å²) in [5, 5.41) is 7.23. The minimum atomic E-state index is 0.254. The molecule has 1 fully saturated rings. The van der Waals surface area contributed by atoms with Crippen molar-refractivity contribution in [3.8, 4) is 5.69 Å². The van der Waals surface area contributed by atoms with Gasteiger partial charge in [-0.15, -0.1) is 0 Å². The third-order valence-corrected chi connectivity index (χ3v) is 3.56. The second-order valence-electron chi connectivity index (χ2n) is 5.23. The highest BCUT2D eigenvalue weighted by atomic mass is 16.5. The summed E-state index contributed by atoms with van der Waals surface area (Å²) in [7, 11) is 0. The maximum absolute atomic E-state index is 5.89. The maximum Gasteiger partial charge on any atom is 0.189 e. The zero-order valence-electron chi connectivity index (χ0n) is 12.4. The summed E-state index contributed by atoms with van der Waals surface area (Å²) in [5.41, 5.74) is 7.91. The zero-order valence-corrected chi connectivity index (χ0v) is 12.4. The van der Waals surface area contributed by atoms with Gasteiger partial charge in [0.2, 0.25) is 0 Å². The Morgan fingerprint density at radius 3 is 3.23 bits per heavy atom. The van der Waals surface area contributed by atoms with Crippen molar-refractivity contribution in [1.29, 1.82) is 0 Å². The van der Waals surface area contributed by atoms with Gasteiger partial charge < -0.3 is 15.8 Å². The molecule has 2 aromatic rings. The van der Waals surface area contributed by atoms with Crippen LogP contribution in [0.1, 0.15) is 18.4 Å². The van der Waals surface area contributed by atoms with Gasteiger partial charge in [-0.25, -0.2) is 14.7 Å². The first-order chi connectivity index (χ1) is 10.8. The van der Waals surface area contributed by atoms with Crippen LogP contribution in [0.5, 0.6) is 0 Å². The fourth-order valence-electron chi connectivity index (χ4n) is 2.39. The first-order valence-corrected chi connectivity index (χ1v) is 7.40. The minimum Gasteiger partial charge on any atom is -0.376 e. The molecule has 1 atom stereocenters. The van der Waals surface area contributed by atoms with E-state index in [4.69, 9.17) is 10.5 Å². The summed E-state index contributed by atoms with van der Waals surface area (Å²) in [6.07, 6.45) is 5.64. The van der Waals surface area contributed by atoms with E-state index < -0.39 is 0 Å². The van der Waals surface area contributed by atoms with Crippen LogP contribution < -0.4 is 11.1 Å². The van der Waals surface area contributed by atoms with Crippen LogP contribution in [0.15, 0.2) is 41.9 Å². The average molecular weight is 300 g/mol. The molecule has 1 aromatic carbocycles. The molecule has 1 aliphatic rings. The van der Waals surface area contributed by atoms with E-state index >= 15 is 0 Å². The molecule has 1 aliphatic heterocycles. The first kappa shape index (κ1) is 14.5. The second-order valence-corrected chi connectivity index (χ2v) is 5.23. The number of hydrogen-bond donors (Lipinski definition) is 2. The zero-order chi connectivity index (χ0) is 15.2. The molecule has 1 aromatic heterocycles. The van der Waals surface area contributed by atoms with Crippen molar-refractivity contribution < 1.29 is 4.74 Å². The van der Waals surface area contributed by atoms with Crippen LogP contribution >= 0.6 is 0 Å². The van der Waals surface area contributed by atoms with Gasteiger partial charge in [-0.05, 0) is 30.5 Å². The SMILES string of the molecule is NC(=NCc1cccc(-n2cncn2)c1)NCC1CCCO1. The molecule has 0 saturated carbocycles. The lowest BCUT2D eigenvalue weighted by atomic mass is 10.2. The Balaban J connectivity index is 1.56. The van der Waals surface area contributed by atoms with Crippen LogP contribution in [0.4, 0.5) is 0 Å². The van der Waals surface area contributed by atoms with Gasteiger partial charge in [0.15, 0.2) is 5.96 Å². The molecule has 1 unspecified atom stereocenters. The molecule has 3 rings (SSSR count). The number of rotatable bonds is 5. The third-order valence-electron chi connectivity index (χ3n) is 3.56. The smallest absolute Gasteiger partial charge is 0.189 e. The molecular weight excluding hydrogens is 280 g/mol. The van der Waals surface area contributed by atoms with Crippen molar-refractivity contribution in [2.45, 2.75) is 25.5 Å². The highest BCUT2D eigenvalue weighted by Crippen LogP contribution is 2.11. The standard InChI is InChI=1S/C15H20N6O/c16-15(19-9-14-5-2-6-22-14)18-8-12-3-1-4-13(7-12)21-11-17-10-20-21/h1,3-4,7,10-11,14H,2,5-6,8-9H2,(H3,16,18,19). The fraction of sp³-hybridized carbons (Fsp3) is 0.400. The number of benzene rings is 1. The molecule has 0 amide bonds. The Morgan fingerprint density at radius 1 is 1.50 bits per heavy atom. The predicted octanol–water partition coefficient (Wildman–Crippen LogP) is 0.851. The normalized spacial score (nSPS) is 18.5. The number of aliphatic imine (C=N–C) groups is 1. The largest absolute Gasteiger partial charge is 0.376 e. The van der Waals surface area contributed by atoms with Gasteiger partial charge in [0.1, 0.15) is 12.7 Å². The van der Waals surface area contributed by atoms with E-state index in [9.17, 15) is 0 Å². The first-order valence-electron chi connectivity index (χ1n) is 7.40. The molecule has 0 aliphatic carbocycles. The monoisotopic (exact) mass is 300 g/mol. The molecule has 7 heteroatoms. The predicted molar refractivity (Wildman–Crippen MR) is 83.7 cm³/mol. The molecule has 0 spiro atoms. The number of nitrogens with zero attached hydrogens (tertiary/aromatic N) is 4. The lowest BCUT2D eigenvalue weighted by Crippen LogP contribution is -2.37. The fourth-order valence-corrected chi connectivity index (χ4v) is 2.39. The van der Waals surface area contributed by atoms with Crippen molar-refractivity contribution in [3.63, 3.8) is 0 Å². The Hall–Kier alpha value is -2.41. The number of hydrogen-bond acceptors (Lipinski definition) is 4. The van der Waals surface area contributed by atoms with Gasteiger partial charge in [0.05, 0.1) is 18.3 Å². The van der Waals surface area contributed by atoms with Crippen molar-refractivity contribution in [2.75, 3.05) is 13.2 Å². The van der Waals surface area contributed by atoms with E-state index in [2.05, 4.69) is 20.4 Å². The molecule has 0 radical (unpaired) electrons. The van der Waals surface area contributed by atoms with Crippen LogP contribution in [-0.4, -0.2) is 40.0 Å². The average Bonchev–Trinajstić information content (AvgIpc) is 3.24. The van der Waals surface area contributed by atoms with E-state index in [0.717, 1.165) is 30.7 Å². The van der Waals surface area contributed by atoms with Gasteiger partial charge in [-0.3, -0.25) is 0 Å². The third kappa shape index (κ3) is 3.82. The summed E-state index contributed by atoms with van der Waals surface area (Å²) in [5.74, 6) is 0.446. The Morgan fingerprint density at radius 2 is 2.45 bits per heavy atom. The molecule has 3 N–H and O–H groups in total. The van der Waals surface area contributed by atoms with Crippen LogP contribution in [-0.2, 0) is 11.3 Å². The molecule has 0 bridgehead atoms. The maximum atomic E-state index is 5.89. The lowest BCUT2D eigenvalue weighted by molar-refractivity contribution is 0.114. The van der Waals surface area contributed by atoms with Gasteiger partial charge in [0, 0.05) is 13.2 Å². The van der Waals surface area contributed by atoms with Crippen molar-refractivity contribution in [2.24, 2.45) is 10.7 Å². The topological polar surface area (TPSA) is 90.4 Å². The van der Waals surface area contributed by atoms with Gasteiger partial charge >= 0.3 is 0 Å². The molecule has 22 heavy (non-hydrogen) atoms. The number of guanidine groups is 1. The Labute approximate surface area is 129 Å². The summed E-state index contributed by atoms with van der Waals surface area (Å²) in [4.78, 5) is 8.31. The molecular formula is C15H20N6O. The van der Waals surface area contributed by atoms with E-state index in [1.54, 1.807) is 11.0 Å². The quantitative estimate of drug-likeness (QED) is 0.631. The Bertz CT molecular complexity index is 619. The number of aromatic nitrogens is 3.